The van der Waals surface area contributed by atoms with Gasteiger partial charge < -0.3 is 10.2 Å². The highest BCUT2D eigenvalue weighted by atomic mass is 32.1. The summed E-state index contributed by atoms with van der Waals surface area (Å²) in [5.41, 5.74) is 1.14. The Bertz CT molecular complexity index is 582. The van der Waals surface area contributed by atoms with Gasteiger partial charge in [-0.15, -0.1) is 0 Å². The number of anilines is 1. The van der Waals surface area contributed by atoms with E-state index in [1.807, 2.05) is 11.3 Å². The van der Waals surface area contributed by atoms with Crippen LogP contribution >= 0.6 is 11.3 Å². The van der Waals surface area contributed by atoms with Crippen LogP contribution in [0.2, 0.25) is 0 Å². The maximum atomic E-state index is 4.79. The number of nitrogens with zero attached hydrogens (tertiary/aromatic N) is 2. The zero-order valence-electron chi connectivity index (χ0n) is 12.6. The van der Waals surface area contributed by atoms with Gasteiger partial charge in [-0.2, -0.15) is 0 Å². The van der Waals surface area contributed by atoms with Gasteiger partial charge in [0.05, 0.1) is 10.2 Å². The Morgan fingerprint density at radius 2 is 1.95 bits per heavy atom. The summed E-state index contributed by atoms with van der Waals surface area (Å²) in [4.78, 5) is 7.25. The van der Waals surface area contributed by atoms with Crippen LogP contribution in [-0.4, -0.2) is 30.2 Å². The Morgan fingerprint density at radius 1 is 1.14 bits per heavy atom. The minimum Gasteiger partial charge on any atom is -0.348 e. The summed E-state index contributed by atoms with van der Waals surface area (Å²) in [5.74, 6) is 0.882. The summed E-state index contributed by atoms with van der Waals surface area (Å²) in [6, 6.07) is 9.94. The van der Waals surface area contributed by atoms with Crippen LogP contribution in [0, 0.1) is 5.92 Å². The van der Waals surface area contributed by atoms with E-state index in [0.29, 0.717) is 6.04 Å². The molecule has 1 aromatic carbocycles. The highest BCUT2D eigenvalue weighted by Gasteiger charge is 2.30. The van der Waals surface area contributed by atoms with E-state index in [2.05, 4.69) is 41.4 Å². The minimum atomic E-state index is 0.711. The molecule has 0 radical (unpaired) electrons. The molecule has 1 aliphatic carbocycles. The molecule has 2 fully saturated rings. The molecule has 1 aromatic heterocycles. The van der Waals surface area contributed by atoms with Crippen LogP contribution in [0.3, 0.4) is 0 Å². The van der Waals surface area contributed by atoms with Crippen LogP contribution in [0.25, 0.3) is 10.2 Å². The first kappa shape index (κ1) is 13.5. The summed E-state index contributed by atoms with van der Waals surface area (Å²) in [5, 5.41) is 5.06. The SMILES string of the molecule is CC1CCC1NC1CCN(c2nc3ccccc3s2)CC1. The fourth-order valence-electron chi connectivity index (χ4n) is 3.45. The van der Waals surface area contributed by atoms with Gasteiger partial charge in [-0.3, -0.25) is 0 Å². The summed E-state index contributed by atoms with van der Waals surface area (Å²) in [7, 11) is 0. The molecule has 1 saturated carbocycles. The van der Waals surface area contributed by atoms with Crippen molar-refractivity contribution in [3.05, 3.63) is 24.3 Å². The Kier molecular flexibility index (Phi) is 3.59. The lowest BCUT2D eigenvalue weighted by Crippen LogP contribution is -2.51. The van der Waals surface area contributed by atoms with Crippen molar-refractivity contribution in [3.8, 4) is 0 Å². The standard InChI is InChI=1S/C17H23N3S/c1-12-6-7-14(12)18-13-8-10-20(11-9-13)17-19-15-4-2-3-5-16(15)21-17/h2-5,12-14,18H,6-11H2,1H3. The number of para-hydroxylation sites is 1. The van der Waals surface area contributed by atoms with Crippen molar-refractivity contribution in [2.45, 2.75) is 44.7 Å². The Morgan fingerprint density at radius 3 is 2.62 bits per heavy atom. The molecule has 4 heteroatoms. The zero-order chi connectivity index (χ0) is 14.2. The van der Waals surface area contributed by atoms with Crippen molar-refractivity contribution in [2.75, 3.05) is 18.0 Å². The molecule has 0 bridgehead atoms. The Labute approximate surface area is 130 Å². The minimum absolute atomic E-state index is 0.711. The summed E-state index contributed by atoms with van der Waals surface area (Å²) in [6.45, 7) is 4.65. The largest absolute Gasteiger partial charge is 0.348 e. The molecule has 2 atom stereocenters. The molecule has 0 amide bonds. The smallest absolute Gasteiger partial charge is 0.186 e. The van der Waals surface area contributed by atoms with E-state index < -0.39 is 0 Å². The van der Waals surface area contributed by atoms with E-state index in [1.54, 1.807) is 0 Å². The molecule has 3 nitrogen and oxygen atoms in total. The maximum absolute atomic E-state index is 4.79. The van der Waals surface area contributed by atoms with Crippen LogP contribution in [0.5, 0.6) is 0 Å². The van der Waals surface area contributed by atoms with Crippen LogP contribution in [0.1, 0.15) is 32.6 Å². The van der Waals surface area contributed by atoms with Crippen molar-refractivity contribution in [3.63, 3.8) is 0 Å². The first-order valence-corrected chi connectivity index (χ1v) is 8.98. The van der Waals surface area contributed by atoms with Crippen molar-refractivity contribution in [2.24, 2.45) is 5.92 Å². The van der Waals surface area contributed by atoms with Gasteiger partial charge in [-0.05, 0) is 43.7 Å². The molecule has 2 aliphatic rings. The summed E-state index contributed by atoms with van der Waals surface area (Å²) < 4.78 is 1.30. The van der Waals surface area contributed by atoms with Gasteiger partial charge in [-0.25, -0.2) is 4.98 Å². The molecule has 2 unspecified atom stereocenters. The predicted octanol–water partition coefficient (Wildman–Crippen LogP) is 3.65. The first-order chi connectivity index (χ1) is 10.3. The highest BCUT2D eigenvalue weighted by molar-refractivity contribution is 7.22. The number of thiazole rings is 1. The monoisotopic (exact) mass is 301 g/mol. The molecular weight excluding hydrogens is 278 g/mol. The number of nitrogens with one attached hydrogen (secondary N) is 1. The number of fused-ring (bicyclic) bond motifs is 1. The number of benzene rings is 1. The maximum Gasteiger partial charge on any atom is 0.186 e. The predicted molar refractivity (Wildman–Crippen MR) is 90.2 cm³/mol. The number of rotatable bonds is 3. The second-order valence-corrected chi connectivity index (χ2v) is 7.56. The molecule has 1 N–H and O–H groups in total. The van der Waals surface area contributed by atoms with Crippen molar-refractivity contribution < 1.29 is 0 Å². The summed E-state index contributed by atoms with van der Waals surface area (Å²) >= 11 is 1.83. The number of hydrogen-bond donors (Lipinski definition) is 1. The number of hydrogen-bond acceptors (Lipinski definition) is 4. The molecule has 4 rings (SSSR count). The zero-order valence-corrected chi connectivity index (χ0v) is 13.4. The number of piperidine rings is 1. The second kappa shape index (κ2) is 5.58. The topological polar surface area (TPSA) is 28.2 Å². The average molecular weight is 301 g/mol. The van der Waals surface area contributed by atoms with E-state index in [9.17, 15) is 0 Å². The third-order valence-corrected chi connectivity index (χ3v) is 6.21. The van der Waals surface area contributed by atoms with Crippen LogP contribution in [-0.2, 0) is 0 Å². The van der Waals surface area contributed by atoms with E-state index in [-0.39, 0.29) is 0 Å². The van der Waals surface area contributed by atoms with Gasteiger partial charge in [0, 0.05) is 25.2 Å². The number of aromatic nitrogens is 1. The van der Waals surface area contributed by atoms with Crippen molar-refractivity contribution >= 4 is 26.7 Å². The lowest BCUT2D eigenvalue weighted by atomic mass is 9.80. The second-order valence-electron chi connectivity index (χ2n) is 6.55. The van der Waals surface area contributed by atoms with Gasteiger partial charge in [0.2, 0.25) is 0 Å². The third kappa shape index (κ3) is 2.67. The van der Waals surface area contributed by atoms with E-state index in [0.717, 1.165) is 30.6 Å². The average Bonchev–Trinajstić information content (AvgIpc) is 2.95. The molecule has 112 valence electrons. The van der Waals surface area contributed by atoms with E-state index >= 15 is 0 Å². The fourth-order valence-corrected chi connectivity index (χ4v) is 4.47. The quantitative estimate of drug-likeness (QED) is 0.938. The van der Waals surface area contributed by atoms with Gasteiger partial charge in [0.1, 0.15) is 0 Å². The lowest BCUT2D eigenvalue weighted by Gasteiger charge is -2.40. The normalized spacial score (nSPS) is 27.0. The van der Waals surface area contributed by atoms with Gasteiger partial charge >= 0.3 is 0 Å². The van der Waals surface area contributed by atoms with Crippen LogP contribution in [0.4, 0.5) is 5.13 Å². The molecule has 0 spiro atoms. The van der Waals surface area contributed by atoms with Gasteiger partial charge in [0.15, 0.2) is 5.13 Å². The van der Waals surface area contributed by atoms with Crippen LogP contribution < -0.4 is 10.2 Å². The molecule has 1 saturated heterocycles. The fraction of sp³-hybridized carbons (Fsp3) is 0.588. The molecule has 21 heavy (non-hydrogen) atoms. The molecular formula is C17H23N3S. The van der Waals surface area contributed by atoms with E-state index in [1.165, 1.54) is 35.5 Å². The molecule has 2 aromatic rings. The highest BCUT2D eigenvalue weighted by Crippen LogP contribution is 2.31. The van der Waals surface area contributed by atoms with Crippen LogP contribution in [0.15, 0.2) is 24.3 Å². The van der Waals surface area contributed by atoms with Gasteiger partial charge in [-0.1, -0.05) is 30.4 Å². The Hall–Kier alpha value is -1.13. The molecule has 1 aliphatic heterocycles. The first-order valence-electron chi connectivity index (χ1n) is 8.16. The third-order valence-electron chi connectivity index (χ3n) is 5.12. The molecule has 2 heterocycles. The summed E-state index contributed by atoms with van der Waals surface area (Å²) in [6.07, 6.45) is 5.28. The van der Waals surface area contributed by atoms with E-state index in [4.69, 9.17) is 4.98 Å². The van der Waals surface area contributed by atoms with Crippen molar-refractivity contribution in [1.29, 1.82) is 0 Å². The Balaban J connectivity index is 1.38. The van der Waals surface area contributed by atoms with Crippen molar-refractivity contribution in [1.82, 2.24) is 10.3 Å². The lowest BCUT2D eigenvalue weighted by molar-refractivity contribution is 0.199. The van der Waals surface area contributed by atoms with Gasteiger partial charge in [0.25, 0.3) is 0 Å².